The van der Waals surface area contributed by atoms with Gasteiger partial charge in [0.05, 0.1) is 85.6 Å². The summed E-state index contributed by atoms with van der Waals surface area (Å²) >= 11 is 0. The molecule has 0 saturated carbocycles. The molecule has 4 heterocycles. The Kier molecular flexibility index (Phi) is 34.3. The molecule has 26 nitrogen and oxygen atoms in total. The molecule has 0 aliphatic carbocycles. The Morgan fingerprint density at radius 3 is 1.94 bits per heavy atom. The van der Waals surface area contributed by atoms with Gasteiger partial charge in [-0.15, -0.1) is 0 Å². The molecule has 4 aliphatic heterocycles. The van der Waals surface area contributed by atoms with Gasteiger partial charge in [0.25, 0.3) is 0 Å². The molecule has 0 unspecified atom stereocenters. The van der Waals surface area contributed by atoms with E-state index in [0.29, 0.717) is 77.8 Å². The highest BCUT2D eigenvalue weighted by Gasteiger charge is 2.52. The number of nitrogens with two attached hydrogens (primary N) is 3. The van der Waals surface area contributed by atoms with Gasteiger partial charge in [0.2, 0.25) is 11.8 Å². The van der Waals surface area contributed by atoms with Crippen molar-refractivity contribution in [3.05, 3.63) is 85.1 Å². The minimum atomic E-state index is -2.38. The van der Waals surface area contributed by atoms with Crippen LogP contribution in [0.15, 0.2) is 90.1 Å². The third-order valence-corrected chi connectivity index (χ3v) is 16.9. The van der Waals surface area contributed by atoms with Gasteiger partial charge in [-0.25, -0.2) is 0 Å². The van der Waals surface area contributed by atoms with E-state index in [9.17, 15) is 75.3 Å². The van der Waals surface area contributed by atoms with Crippen LogP contribution in [0.1, 0.15) is 124 Å². The predicted molar refractivity (Wildman–Crippen MR) is 335 cm³/mol. The first kappa shape index (κ1) is 77.2. The van der Waals surface area contributed by atoms with Crippen molar-refractivity contribution in [3.63, 3.8) is 0 Å². The van der Waals surface area contributed by atoms with E-state index in [1.54, 1.807) is 98.6 Å². The maximum Gasteiger partial charge on any atom is 0.311 e. The summed E-state index contributed by atoms with van der Waals surface area (Å²) in [7, 11) is 0. The van der Waals surface area contributed by atoms with Crippen molar-refractivity contribution in [3.8, 4) is 0 Å². The van der Waals surface area contributed by atoms with Gasteiger partial charge < -0.3 is 103 Å². The number of ether oxygens (including phenoxy) is 4. The van der Waals surface area contributed by atoms with Crippen LogP contribution in [0.3, 0.4) is 0 Å². The Hall–Kier alpha value is -5.27. The Morgan fingerprint density at radius 2 is 1.32 bits per heavy atom. The van der Waals surface area contributed by atoms with Gasteiger partial charge in [0, 0.05) is 83.2 Å². The number of aliphatic hydroxyl groups excluding tert-OH is 9. The van der Waals surface area contributed by atoms with Crippen LogP contribution in [-0.4, -0.2) is 238 Å². The average Bonchev–Trinajstić information content (AvgIpc) is 0.854. The van der Waals surface area contributed by atoms with E-state index >= 15 is 0 Å². The summed E-state index contributed by atoms with van der Waals surface area (Å²) in [5.74, 6) is -7.30. The predicted octanol–water partition coefficient (Wildman–Crippen LogP) is 0.345. The zero-order chi connectivity index (χ0) is 66.5. The average molecular weight is 1280 g/mol. The number of carbonyl (C=O) groups excluding carboxylic acids is 3. The summed E-state index contributed by atoms with van der Waals surface area (Å²) < 4.78 is 24.1. The van der Waals surface area contributed by atoms with Crippen LogP contribution >= 0.6 is 0 Å². The number of hydrogen-bond donors (Lipinski definition) is 15. The lowest BCUT2D eigenvalue weighted by Gasteiger charge is -2.49. The standard InChI is InChI=1S/C64H105N7O19/c1-40-22-16-13-11-9-7-5-6-8-10-12-14-17-23-47(89-62-59(82)56(58(81)43(4)88-62)71-32-30-70(31-33-71)53(78)25-18-15-20-28-68-60(83)48(65)24-19-21-29-69-63(66)67)37-52-55(61(84)85)51(77)39-64(86,90-52)38-46(74)35-50(76)49(75)27-26-44(72)34-45(73)36-54(79)87-42(3)41(2)57(40)80/h5-14,16-17,22-23,40-52,55-59,62,72-77,80-82,86H,15,18-21,24-39,65H2,1-4H3,(H,68,83)(H,84,85)(H4,66,67,69)/b6-5+,9-7+,10-8+,13-11+,14-12+,22-16+,23-17+/t40-,41-,42-,43+,44+,45+,46-,47-,48-,49+,50+,51-,52-,55+,56-,57+,58+,59-,62-,64+/m0/s1. The fourth-order valence-electron chi connectivity index (χ4n) is 11.5. The molecule has 0 aromatic carbocycles. The summed E-state index contributed by atoms with van der Waals surface area (Å²) in [5.41, 5.74) is 16.7. The number of aliphatic carboxylic acids is 1. The van der Waals surface area contributed by atoms with E-state index in [4.69, 9.17) is 36.1 Å². The lowest BCUT2D eigenvalue weighted by atomic mass is 9.82. The number of esters is 1. The molecule has 90 heavy (non-hydrogen) atoms. The van der Waals surface area contributed by atoms with Crippen molar-refractivity contribution in [2.24, 2.45) is 39.9 Å². The number of aliphatic imine (C=N–C) groups is 1. The van der Waals surface area contributed by atoms with Crippen LogP contribution in [0.4, 0.5) is 0 Å². The minimum Gasteiger partial charge on any atom is -0.481 e. The number of piperazine rings is 1. The van der Waals surface area contributed by atoms with Crippen molar-refractivity contribution < 1.29 is 94.3 Å². The number of cyclic esters (lactones) is 1. The lowest BCUT2D eigenvalue weighted by Crippen LogP contribution is -2.66. The maximum atomic E-state index is 13.3. The molecule has 3 fully saturated rings. The van der Waals surface area contributed by atoms with E-state index < -0.39 is 153 Å². The molecule has 0 aromatic rings. The van der Waals surface area contributed by atoms with Crippen molar-refractivity contribution in [1.29, 1.82) is 0 Å². The van der Waals surface area contributed by atoms with Gasteiger partial charge in [-0.3, -0.25) is 29.1 Å². The quantitative estimate of drug-likeness (QED) is 0.0429. The number of hydrogen-bond acceptors (Lipinski definition) is 21. The Morgan fingerprint density at radius 1 is 0.700 bits per heavy atom. The van der Waals surface area contributed by atoms with Crippen LogP contribution in [0.25, 0.3) is 0 Å². The zero-order valence-corrected chi connectivity index (χ0v) is 52.7. The fraction of sp³-hybridized carbons (Fsp3) is 0.703. The second-order valence-corrected chi connectivity index (χ2v) is 24.4. The molecule has 510 valence electrons. The molecule has 0 aromatic heterocycles. The first-order chi connectivity index (χ1) is 42.7. The maximum absolute atomic E-state index is 13.3. The number of carboxylic acids is 1. The second-order valence-electron chi connectivity index (χ2n) is 24.4. The SMILES string of the molecule is C[C@@H]1[C@H](O)[C@@H](C)/C=C/C=C/C=C/C=C/C=C/C=C/C=C/[C@H](O[C@@H]2O[C@H](C)[C@@H](O)[C@H](N3CCN(C(=O)CCCCCNC(=O)[C@@H](N)CCCCN=C(N)N)CC3)[C@@H]2O)C[C@@H]2O[C@](O)(C[C@@H](O)C[C@@H](O)[C@H](O)CC[C@@H](O)C[C@@H](O)CC(=O)O[C@H]1C)C[C@H](O)[C@H]2C(=O)O. The van der Waals surface area contributed by atoms with E-state index in [-0.39, 0.29) is 55.8 Å². The van der Waals surface area contributed by atoms with E-state index in [1.165, 1.54) is 0 Å². The van der Waals surface area contributed by atoms with Gasteiger partial charge in [-0.05, 0) is 65.2 Å². The molecule has 4 rings (SSSR count). The second kappa shape index (κ2) is 40.0. The van der Waals surface area contributed by atoms with Gasteiger partial charge in [-0.1, -0.05) is 105 Å². The van der Waals surface area contributed by atoms with Crippen molar-refractivity contribution >= 4 is 29.7 Å². The first-order valence-corrected chi connectivity index (χ1v) is 31.7. The number of guanidine groups is 1. The number of unbranched alkanes of at least 4 members (excludes halogenated alkanes) is 3. The highest BCUT2D eigenvalue weighted by Crippen LogP contribution is 2.39. The van der Waals surface area contributed by atoms with Crippen LogP contribution in [-0.2, 0) is 38.1 Å². The van der Waals surface area contributed by atoms with E-state index in [2.05, 4.69) is 10.3 Å². The molecular weight excluding hydrogens is 1170 g/mol. The van der Waals surface area contributed by atoms with Crippen LogP contribution < -0.4 is 22.5 Å². The molecule has 0 radical (unpaired) electrons. The topological polar surface area (TPSA) is 437 Å². The summed E-state index contributed by atoms with van der Waals surface area (Å²) in [5, 5.41) is 125. The number of nitrogens with one attached hydrogen (secondary N) is 1. The van der Waals surface area contributed by atoms with E-state index in [0.717, 1.165) is 0 Å². The van der Waals surface area contributed by atoms with E-state index in [1.807, 2.05) is 24.0 Å². The number of fused-ring (bicyclic) bond motifs is 2. The highest BCUT2D eigenvalue weighted by molar-refractivity contribution is 5.81. The molecule has 2 amide bonds. The zero-order valence-electron chi connectivity index (χ0n) is 52.7. The number of aliphatic hydroxyl groups is 10. The first-order valence-electron chi connectivity index (χ1n) is 31.7. The Labute approximate surface area is 529 Å². The molecule has 3 saturated heterocycles. The smallest absolute Gasteiger partial charge is 0.311 e. The molecular formula is C64H105N7O19. The largest absolute Gasteiger partial charge is 0.481 e. The number of carbonyl (C=O) groups is 4. The number of carboxylic acid groups (broad SMARTS) is 1. The summed E-state index contributed by atoms with van der Waals surface area (Å²) in [6, 6.07) is -1.59. The highest BCUT2D eigenvalue weighted by atomic mass is 16.7. The number of amides is 2. The minimum absolute atomic E-state index is 0.0157. The molecule has 26 heteroatoms. The molecule has 20 atom stereocenters. The fourth-order valence-corrected chi connectivity index (χ4v) is 11.5. The van der Waals surface area contributed by atoms with Gasteiger partial charge in [0.1, 0.15) is 18.1 Å². The number of nitrogens with zero attached hydrogens (tertiary/aromatic N) is 3. The van der Waals surface area contributed by atoms with Crippen molar-refractivity contribution in [1.82, 2.24) is 15.1 Å². The summed E-state index contributed by atoms with van der Waals surface area (Å²) in [6.45, 7) is 8.89. The molecule has 18 N–H and O–H groups in total. The summed E-state index contributed by atoms with van der Waals surface area (Å²) in [4.78, 5) is 58.9. The third-order valence-electron chi connectivity index (χ3n) is 16.9. The van der Waals surface area contributed by atoms with Crippen LogP contribution in [0, 0.1) is 17.8 Å². The van der Waals surface area contributed by atoms with Crippen LogP contribution in [0.5, 0.6) is 0 Å². The van der Waals surface area contributed by atoms with Crippen molar-refractivity contribution in [2.75, 3.05) is 39.3 Å². The van der Waals surface area contributed by atoms with Gasteiger partial charge >= 0.3 is 11.9 Å². The van der Waals surface area contributed by atoms with Gasteiger partial charge in [0.15, 0.2) is 18.0 Å². The number of allylic oxidation sites excluding steroid dienone is 12. The molecule has 4 aliphatic rings. The Bertz CT molecular complexity index is 2420. The summed E-state index contributed by atoms with van der Waals surface area (Å²) in [6.07, 6.45) is 6.98. The lowest BCUT2D eigenvalue weighted by molar-refractivity contribution is -0.312. The molecule has 2 bridgehead atoms. The number of rotatable bonds is 16. The van der Waals surface area contributed by atoms with Crippen LogP contribution in [0.2, 0.25) is 0 Å². The Balaban J connectivity index is 1.48. The monoisotopic (exact) mass is 1280 g/mol. The van der Waals surface area contributed by atoms with Gasteiger partial charge in [-0.2, -0.15) is 0 Å². The normalized spacial score (nSPS) is 37.6. The molecule has 0 spiro atoms. The van der Waals surface area contributed by atoms with Crippen molar-refractivity contribution in [2.45, 2.75) is 228 Å². The third kappa shape index (κ3) is 27.1.